The Morgan fingerprint density at radius 3 is 2.47 bits per heavy atom. The van der Waals surface area contributed by atoms with E-state index in [0.29, 0.717) is 11.6 Å². The van der Waals surface area contributed by atoms with Crippen LogP contribution in [0.5, 0.6) is 0 Å². The monoisotopic (exact) mass is 254 g/mol. The largest absolute Gasteiger partial charge is 0.349 e. The standard InChI is InChI=1S/C13H19ClN2O/c1-3-10(8-15)13(17)16-9(2)11-4-6-12(14)7-5-11/h4-7,9-10H,3,8,15H2,1-2H3,(H,16,17)/t9-,10?/m0/s1. The van der Waals surface area contributed by atoms with Gasteiger partial charge in [-0.1, -0.05) is 30.7 Å². The molecule has 94 valence electrons. The number of carbonyl (C=O) groups is 1. The molecule has 4 heteroatoms. The molecule has 0 aliphatic rings. The summed E-state index contributed by atoms with van der Waals surface area (Å²) in [6.45, 7) is 4.30. The van der Waals surface area contributed by atoms with Gasteiger partial charge in [0.2, 0.25) is 5.91 Å². The average molecular weight is 255 g/mol. The van der Waals surface area contributed by atoms with Crippen molar-refractivity contribution in [3.63, 3.8) is 0 Å². The molecule has 0 fully saturated rings. The summed E-state index contributed by atoms with van der Waals surface area (Å²) >= 11 is 5.81. The molecule has 1 rings (SSSR count). The maximum absolute atomic E-state index is 11.8. The molecular formula is C13H19ClN2O. The summed E-state index contributed by atoms with van der Waals surface area (Å²) in [6.07, 6.45) is 0.760. The third-order valence-electron chi connectivity index (χ3n) is 2.88. The highest BCUT2D eigenvalue weighted by Gasteiger charge is 2.17. The summed E-state index contributed by atoms with van der Waals surface area (Å²) in [5, 5.41) is 3.65. The lowest BCUT2D eigenvalue weighted by atomic mass is 10.0. The van der Waals surface area contributed by atoms with Gasteiger partial charge in [0.25, 0.3) is 0 Å². The predicted octanol–water partition coefficient (Wildman–Crippen LogP) is 2.50. The highest BCUT2D eigenvalue weighted by Crippen LogP contribution is 2.16. The van der Waals surface area contributed by atoms with E-state index in [2.05, 4.69) is 5.32 Å². The van der Waals surface area contributed by atoms with Crippen molar-refractivity contribution < 1.29 is 4.79 Å². The number of amides is 1. The zero-order chi connectivity index (χ0) is 12.8. The third kappa shape index (κ3) is 4.02. The van der Waals surface area contributed by atoms with Crippen LogP contribution in [0, 0.1) is 5.92 Å². The lowest BCUT2D eigenvalue weighted by molar-refractivity contribution is -0.125. The Hall–Kier alpha value is -1.06. The second-order valence-corrected chi connectivity index (χ2v) is 4.56. The van der Waals surface area contributed by atoms with Gasteiger partial charge in [0.1, 0.15) is 0 Å². The minimum Gasteiger partial charge on any atom is -0.349 e. The van der Waals surface area contributed by atoms with Crippen molar-refractivity contribution in [2.24, 2.45) is 11.7 Å². The number of nitrogens with two attached hydrogens (primary N) is 1. The molecule has 0 bridgehead atoms. The van der Waals surface area contributed by atoms with Gasteiger partial charge in [-0.25, -0.2) is 0 Å². The molecule has 0 radical (unpaired) electrons. The van der Waals surface area contributed by atoms with Crippen LogP contribution in [0.3, 0.4) is 0 Å². The Balaban J connectivity index is 2.62. The van der Waals surface area contributed by atoms with Crippen molar-refractivity contribution in [3.05, 3.63) is 34.9 Å². The van der Waals surface area contributed by atoms with Gasteiger partial charge in [-0.15, -0.1) is 0 Å². The molecule has 0 aromatic heterocycles. The van der Waals surface area contributed by atoms with E-state index in [0.717, 1.165) is 12.0 Å². The summed E-state index contributed by atoms with van der Waals surface area (Å²) in [4.78, 5) is 11.8. The van der Waals surface area contributed by atoms with Crippen molar-refractivity contribution in [1.29, 1.82) is 0 Å². The van der Waals surface area contributed by atoms with Crippen LogP contribution >= 0.6 is 11.6 Å². The first kappa shape index (κ1) is 14.0. The van der Waals surface area contributed by atoms with E-state index in [4.69, 9.17) is 17.3 Å². The number of halogens is 1. The zero-order valence-electron chi connectivity index (χ0n) is 10.2. The topological polar surface area (TPSA) is 55.1 Å². The molecular weight excluding hydrogens is 236 g/mol. The summed E-state index contributed by atoms with van der Waals surface area (Å²) in [6, 6.07) is 7.44. The summed E-state index contributed by atoms with van der Waals surface area (Å²) in [7, 11) is 0. The molecule has 0 saturated heterocycles. The first-order valence-electron chi connectivity index (χ1n) is 5.84. The molecule has 0 heterocycles. The molecule has 17 heavy (non-hydrogen) atoms. The number of nitrogens with one attached hydrogen (secondary N) is 1. The smallest absolute Gasteiger partial charge is 0.224 e. The van der Waals surface area contributed by atoms with Gasteiger partial charge < -0.3 is 11.1 Å². The van der Waals surface area contributed by atoms with E-state index in [1.54, 1.807) is 0 Å². The second-order valence-electron chi connectivity index (χ2n) is 4.12. The van der Waals surface area contributed by atoms with Crippen molar-refractivity contribution in [3.8, 4) is 0 Å². The summed E-state index contributed by atoms with van der Waals surface area (Å²) < 4.78 is 0. The lowest BCUT2D eigenvalue weighted by Crippen LogP contribution is -2.36. The number of rotatable bonds is 5. The normalized spacial score (nSPS) is 14.1. The Labute approximate surface area is 107 Å². The van der Waals surface area contributed by atoms with Gasteiger partial charge in [-0.2, -0.15) is 0 Å². The molecule has 0 saturated carbocycles. The highest BCUT2D eigenvalue weighted by molar-refractivity contribution is 6.30. The fraction of sp³-hybridized carbons (Fsp3) is 0.462. The summed E-state index contributed by atoms with van der Waals surface area (Å²) in [5.74, 6) is -0.0952. The molecule has 1 amide bonds. The van der Waals surface area contributed by atoms with Gasteiger partial charge in [-0.05, 0) is 31.0 Å². The van der Waals surface area contributed by atoms with Crippen molar-refractivity contribution >= 4 is 17.5 Å². The molecule has 0 aliphatic carbocycles. The molecule has 1 aromatic carbocycles. The van der Waals surface area contributed by atoms with Crippen LogP contribution in [0.4, 0.5) is 0 Å². The van der Waals surface area contributed by atoms with E-state index in [9.17, 15) is 4.79 Å². The molecule has 1 unspecified atom stereocenters. The zero-order valence-corrected chi connectivity index (χ0v) is 11.0. The predicted molar refractivity (Wildman–Crippen MR) is 70.8 cm³/mol. The maximum Gasteiger partial charge on any atom is 0.224 e. The quantitative estimate of drug-likeness (QED) is 0.848. The van der Waals surface area contributed by atoms with E-state index < -0.39 is 0 Å². The minimum atomic E-state index is -0.107. The van der Waals surface area contributed by atoms with Crippen LogP contribution in [0.25, 0.3) is 0 Å². The fourth-order valence-corrected chi connectivity index (χ4v) is 1.75. The molecule has 2 atom stereocenters. The molecule has 0 aliphatic heterocycles. The van der Waals surface area contributed by atoms with Crippen molar-refractivity contribution in [2.75, 3.05) is 6.54 Å². The number of carbonyl (C=O) groups excluding carboxylic acids is 1. The van der Waals surface area contributed by atoms with Crippen LogP contribution in [0.2, 0.25) is 5.02 Å². The molecule has 0 spiro atoms. The van der Waals surface area contributed by atoms with Crippen LogP contribution < -0.4 is 11.1 Å². The third-order valence-corrected chi connectivity index (χ3v) is 3.13. The van der Waals surface area contributed by atoms with Gasteiger partial charge in [0.05, 0.1) is 6.04 Å². The first-order chi connectivity index (χ1) is 8.08. The fourth-order valence-electron chi connectivity index (χ4n) is 1.63. The minimum absolute atomic E-state index is 0.0115. The van der Waals surface area contributed by atoms with Gasteiger partial charge >= 0.3 is 0 Å². The molecule has 3 nitrogen and oxygen atoms in total. The molecule has 3 N–H and O–H groups in total. The van der Waals surface area contributed by atoms with E-state index in [1.807, 2.05) is 38.1 Å². The Morgan fingerprint density at radius 2 is 2.00 bits per heavy atom. The van der Waals surface area contributed by atoms with Gasteiger partial charge in [0.15, 0.2) is 0 Å². The Kier molecular flexibility index (Phi) is 5.45. The van der Waals surface area contributed by atoms with Crippen LogP contribution in [0.15, 0.2) is 24.3 Å². The first-order valence-corrected chi connectivity index (χ1v) is 6.22. The highest BCUT2D eigenvalue weighted by atomic mass is 35.5. The van der Waals surface area contributed by atoms with Crippen LogP contribution in [-0.2, 0) is 4.79 Å². The van der Waals surface area contributed by atoms with E-state index >= 15 is 0 Å². The Morgan fingerprint density at radius 1 is 1.41 bits per heavy atom. The van der Waals surface area contributed by atoms with Crippen LogP contribution in [0.1, 0.15) is 31.9 Å². The van der Waals surface area contributed by atoms with E-state index in [-0.39, 0.29) is 17.9 Å². The molecule has 1 aromatic rings. The SMILES string of the molecule is CCC(CN)C(=O)N[C@@H](C)c1ccc(Cl)cc1. The van der Waals surface area contributed by atoms with Crippen molar-refractivity contribution in [1.82, 2.24) is 5.32 Å². The van der Waals surface area contributed by atoms with Gasteiger partial charge in [0, 0.05) is 17.5 Å². The van der Waals surface area contributed by atoms with Gasteiger partial charge in [-0.3, -0.25) is 4.79 Å². The van der Waals surface area contributed by atoms with Crippen molar-refractivity contribution in [2.45, 2.75) is 26.3 Å². The number of hydrogen-bond acceptors (Lipinski definition) is 2. The summed E-state index contributed by atoms with van der Waals surface area (Å²) in [5.41, 5.74) is 6.58. The van der Waals surface area contributed by atoms with Crippen LogP contribution in [-0.4, -0.2) is 12.5 Å². The maximum atomic E-state index is 11.8. The number of hydrogen-bond donors (Lipinski definition) is 2. The average Bonchev–Trinajstić information content (AvgIpc) is 2.31. The number of benzene rings is 1. The Bertz CT molecular complexity index is 360. The lowest BCUT2D eigenvalue weighted by Gasteiger charge is -2.18. The van der Waals surface area contributed by atoms with E-state index in [1.165, 1.54) is 0 Å². The second kappa shape index (κ2) is 6.62.